The van der Waals surface area contributed by atoms with Crippen LogP contribution in [0.2, 0.25) is 0 Å². The van der Waals surface area contributed by atoms with Crippen molar-refractivity contribution in [2.45, 2.75) is 38.3 Å². The van der Waals surface area contributed by atoms with Crippen LogP contribution in [-0.2, 0) is 11.3 Å². The fourth-order valence-electron chi connectivity index (χ4n) is 4.07. The summed E-state index contributed by atoms with van der Waals surface area (Å²) in [7, 11) is 0. The zero-order valence-corrected chi connectivity index (χ0v) is 14.4. The smallest absolute Gasteiger partial charge is 0.261 e. The van der Waals surface area contributed by atoms with E-state index in [4.69, 9.17) is 0 Å². The molecule has 1 aromatic carbocycles. The van der Waals surface area contributed by atoms with Crippen LogP contribution >= 0.6 is 0 Å². The van der Waals surface area contributed by atoms with E-state index in [-0.39, 0.29) is 18.0 Å². The Morgan fingerprint density at radius 1 is 1.08 bits per heavy atom. The molecule has 0 bridgehead atoms. The van der Waals surface area contributed by atoms with Crippen LogP contribution < -0.4 is 5.56 Å². The molecule has 132 valence electrons. The Hall–Kier alpha value is -2.21. The van der Waals surface area contributed by atoms with Crippen LogP contribution in [-0.4, -0.2) is 57.5 Å². The van der Waals surface area contributed by atoms with Gasteiger partial charge in [-0.15, -0.1) is 0 Å². The molecule has 2 aliphatic rings. The third-order valence-corrected chi connectivity index (χ3v) is 5.55. The first-order chi connectivity index (χ1) is 12.2. The number of hydrogen-bond donors (Lipinski definition) is 0. The average molecular weight is 340 g/mol. The van der Waals surface area contributed by atoms with Crippen molar-refractivity contribution >= 4 is 16.8 Å². The quantitative estimate of drug-likeness (QED) is 0.849. The summed E-state index contributed by atoms with van der Waals surface area (Å²) in [4.78, 5) is 33.8. The summed E-state index contributed by atoms with van der Waals surface area (Å²) in [6.07, 6.45) is 6.75. The van der Waals surface area contributed by atoms with E-state index >= 15 is 0 Å². The van der Waals surface area contributed by atoms with E-state index in [0.29, 0.717) is 16.9 Å². The molecule has 1 aromatic heterocycles. The molecule has 6 heteroatoms. The van der Waals surface area contributed by atoms with Crippen molar-refractivity contribution < 1.29 is 4.79 Å². The number of carbonyl (C=O) groups excluding carboxylic acids is 1. The molecular formula is C19H24N4O2. The van der Waals surface area contributed by atoms with Crippen molar-refractivity contribution in [2.24, 2.45) is 0 Å². The summed E-state index contributed by atoms with van der Waals surface area (Å²) in [5.74, 6) is 0.00486. The lowest BCUT2D eigenvalue weighted by Gasteiger charge is -2.38. The van der Waals surface area contributed by atoms with Gasteiger partial charge in [0.15, 0.2) is 0 Å². The maximum atomic E-state index is 12.6. The number of aromatic nitrogens is 2. The van der Waals surface area contributed by atoms with E-state index in [1.165, 1.54) is 36.6 Å². The number of fused-ring (bicyclic) bond motifs is 1. The monoisotopic (exact) mass is 340 g/mol. The highest BCUT2D eigenvalue weighted by Crippen LogP contribution is 2.24. The summed E-state index contributed by atoms with van der Waals surface area (Å²) in [5.41, 5.74) is 0.518. The lowest BCUT2D eigenvalue weighted by Crippen LogP contribution is -2.52. The lowest BCUT2D eigenvalue weighted by atomic mass is 10.2. The van der Waals surface area contributed by atoms with E-state index in [9.17, 15) is 9.59 Å². The molecule has 25 heavy (non-hydrogen) atoms. The van der Waals surface area contributed by atoms with Crippen molar-refractivity contribution in [3.05, 3.63) is 40.9 Å². The predicted molar refractivity (Wildman–Crippen MR) is 96.4 cm³/mol. The van der Waals surface area contributed by atoms with Crippen LogP contribution in [0.4, 0.5) is 0 Å². The summed E-state index contributed by atoms with van der Waals surface area (Å²) in [5, 5.41) is 0.559. The predicted octanol–water partition coefficient (Wildman–Crippen LogP) is 1.48. The first-order valence-corrected chi connectivity index (χ1v) is 9.18. The molecule has 6 nitrogen and oxygen atoms in total. The number of para-hydroxylation sites is 1. The molecule has 1 saturated heterocycles. The van der Waals surface area contributed by atoms with Crippen molar-refractivity contribution in [1.29, 1.82) is 0 Å². The van der Waals surface area contributed by atoms with Gasteiger partial charge in [-0.25, -0.2) is 4.98 Å². The maximum Gasteiger partial charge on any atom is 0.261 e. The van der Waals surface area contributed by atoms with Crippen LogP contribution in [0, 0.1) is 0 Å². The number of rotatable bonds is 3. The van der Waals surface area contributed by atoms with Gasteiger partial charge in [-0.1, -0.05) is 25.0 Å². The summed E-state index contributed by atoms with van der Waals surface area (Å²) in [6.45, 7) is 3.47. The van der Waals surface area contributed by atoms with Gasteiger partial charge in [-0.2, -0.15) is 0 Å². The first-order valence-electron chi connectivity index (χ1n) is 9.18. The standard InChI is InChI=1S/C19H24N4O2/c24-18(22-11-9-21(10-12-22)15-5-1-2-6-15)13-23-14-20-17-8-4-3-7-16(17)19(23)25/h3-4,7-8,14-15H,1-2,5-6,9-13H2. The van der Waals surface area contributed by atoms with Gasteiger partial charge < -0.3 is 4.90 Å². The number of nitrogens with zero attached hydrogens (tertiary/aromatic N) is 4. The molecule has 0 radical (unpaired) electrons. The minimum absolute atomic E-state index is 0.00486. The molecule has 1 aliphatic heterocycles. The lowest BCUT2D eigenvalue weighted by molar-refractivity contribution is -0.134. The van der Waals surface area contributed by atoms with E-state index in [1.807, 2.05) is 23.1 Å². The first kappa shape index (κ1) is 16.3. The molecule has 0 unspecified atom stereocenters. The van der Waals surface area contributed by atoms with Gasteiger partial charge in [0.25, 0.3) is 5.56 Å². The number of amides is 1. The SMILES string of the molecule is O=C(Cn1cnc2ccccc2c1=O)N1CCN(C2CCCC2)CC1. The summed E-state index contributed by atoms with van der Waals surface area (Å²) >= 11 is 0. The molecular weight excluding hydrogens is 316 g/mol. The fraction of sp³-hybridized carbons (Fsp3) is 0.526. The van der Waals surface area contributed by atoms with Crippen LogP contribution in [0.15, 0.2) is 35.4 Å². The maximum absolute atomic E-state index is 12.6. The van der Waals surface area contributed by atoms with Gasteiger partial charge in [-0.05, 0) is 25.0 Å². The highest BCUT2D eigenvalue weighted by molar-refractivity contribution is 5.79. The third-order valence-electron chi connectivity index (χ3n) is 5.55. The summed E-state index contributed by atoms with van der Waals surface area (Å²) < 4.78 is 1.42. The largest absolute Gasteiger partial charge is 0.339 e. The molecule has 1 aliphatic carbocycles. The highest BCUT2D eigenvalue weighted by Gasteiger charge is 2.27. The molecule has 2 aromatic rings. The molecule has 2 fully saturated rings. The number of carbonyl (C=O) groups is 1. The average Bonchev–Trinajstić information content (AvgIpc) is 3.19. The van der Waals surface area contributed by atoms with Gasteiger partial charge in [0.05, 0.1) is 17.2 Å². The van der Waals surface area contributed by atoms with Gasteiger partial charge in [0, 0.05) is 32.2 Å². The Kier molecular flexibility index (Phi) is 4.53. The van der Waals surface area contributed by atoms with Gasteiger partial charge in [0.1, 0.15) is 6.54 Å². The molecule has 0 spiro atoms. The van der Waals surface area contributed by atoms with Crippen molar-refractivity contribution in [2.75, 3.05) is 26.2 Å². The molecule has 0 N–H and O–H groups in total. The van der Waals surface area contributed by atoms with Gasteiger partial charge in [0.2, 0.25) is 5.91 Å². The second-order valence-electron chi connectivity index (χ2n) is 7.05. The van der Waals surface area contributed by atoms with E-state index in [1.54, 1.807) is 6.07 Å². The van der Waals surface area contributed by atoms with E-state index < -0.39 is 0 Å². The van der Waals surface area contributed by atoms with Crippen LogP contribution in [0.5, 0.6) is 0 Å². The molecule has 1 amide bonds. The molecule has 4 rings (SSSR count). The minimum atomic E-state index is -0.149. The number of piperazine rings is 1. The normalized spacial score (nSPS) is 19.6. The van der Waals surface area contributed by atoms with Gasteiger partial charge >= 0.3 is 0 Å². The molecule has 0 atom stereocenters. The Labute approximate surface area is 147 Å². The second-order valence-corrected chi connectivity index (χ2v) is 7.05. The zero-order chi connectivity index (χ0) is 17.2. The van der Waals surface area contributed by atoms with Crippen LogP contribution in [0.1, 0.15) is 25.7 Å². The molecule has 2 heterocycles. The fourth-order valence-corrected chi connectivity index (χ4v) is 4.07. The third kappa shape index (κ3) is 3.31. The highest BCUT2D eigenvalue weighted by atomic mass is 16.2. The zero-order valence-electron chi connectivity index (χ0n) is 14.4. The Balaban J connectivity index is 1.41. The van der Waals surface area contributed by atoms with E-state index in [0.717, 1.165) is 26.2 Å². The number of benzene rings is 1. The second kappa shape index (κ2) is 6.96. The number of hydrogen-bond acceptors (Lipinski definition) is 4. The topological polar surface area (TPSA) is 58.4 Å². The van der Waals surface area contributed by atoms with Crippen molar-refractivity contribution in [3.8, 4) is 0 Å². The van der Waals surface area contributed by atoms with Gasteiger partial charge in [-0.3, -0.25) is 19.1 Å². The minimum Gasteiger partial charge on any atom is -0.339 e. The van der Waals surface area contributed by atoms with Crippen LogP contribution in [0.25, 0.3) is 10.9 Å². The van der Waals surface area contributed by atoms with Crippen LogP contribution in [0.3, 0.4) is 0 Å². The summed E-state index contributed by atoms with van der Waals surface area (Å²) in [6, 6.07) is 7.95. The molecule has 1 saturated carbocycles. The Bertz CT molecular complexity index is 818. The Morgan fingerprint density at radius 2 is 1.80 bits per heavy atom. The Morgan fingerprint density at radius 3 is 2.56 bits per heavy atom. The van der Waals surface area contributed by atoms with Crippen molar-refractivity contribution in [1.82, 2.24) is 19.4 Å². The van der Waals surface area contributed by atoms with Crippen molar-refractivity contribution in [3.63, 3.8) is 0 Å². The van der Waals surface area contributed by atoms with E-state index in [2.05, 4.69) is 9.88 Å².